The van der Waals surface area contributed by atoms with Gasteiger partial charge in [0.25, 0.3) is 0 Å². The van der Waals surface area contributed by atoms with Gasteiger partial charge in [0.2, 0.25) is 5.91 Å². The number of aromatic carboxylic acids is 1. The van der Waals surface area contributed by atoms with Crippen LogP contribution in [0.25, 0.3) is 0 Å². The van der Waals surface area contributed by atoms with Crippen LogP contribution in [0.4, 0.5) is 10.5 Å². The lowest BCUT2D eigenvalue weighted by molar-refractivity contribution is -0.122. The maximum Gasteiger partial charge on any atom is 0.336 e. The lowest BCUT2D eigenvalue weighted by Gasteiger charge is -2.22. The highest BCUT2D eigenvalue weighted by Crippen LogP contribution is 2.19. The first-order valence-electron chi connectivity index (χ1n) is 5.87. The maximum atomic E-state index is 11.8. The Kier molecular flexibility index (Phi) is 4.34. The number of amides is 3. The number of nitrogens with one attached hydrogen (secondary N) is 2. The van der Waals surface area contributed by atoms with Gasteiger partial charge in [-0.15, -0.1) is 0 Å². The van der Waals surface area contributed by atoms with Crippen LogP contribution in [0.1, 0.15) is 29.8 Å². The van der Waals surface area contributed by atoms with Crippen LogP contribution in [-0.4, -0.2) is 28.6 Å². The predicted molar refractivity (Wildman–Crippen MR) is 73.6 cm³/mol. The zero-order valence-corrected chi connectivity index (χ0v) is 11.5. The lowest BCUT2D eigenvalue weighted by Crippen LogP contribution is -2.54. The van der Waals surface area contributed by atoms with E-state index >= 15 is 0 Å². The summed E-state index contributed by atoms with van der Waals surface area (Å²) in [5, 5.41) is 13.9. The molecule has 7 heteroatoms. The summed E-state index contributed by atoms with van der Waals surface area (Å²) < 4.78 is 0. The zero-order valence-electron chi connectivity index (χ0n) is 11.5. The van der Waals surface area contributed by atoms with E-state index in [4.69, 9.17) is 10.8 Å². The number of urea groups is 1. The molecule has 0 aliphatic heterocycles. The van der Waals surface area contributed by atoms with E-state index in [1.807, 2.05) is 0 Å². The van der Waals surface area contributed by atoms with Gasteiger partial charge in [0.15, 0.2) is 0 Å². The van der Waals surface area contributed by atoms with Crippen molar-refractivity contribution in [2.24, 2.45) is 5.73 Å². The lowest BCUT2D eigenvalue weighted by atomic mass is 10.1. The van der Waals surface area contributed by atoms with E-state index < -0.39 is 23.4 Å². The van der Waals surface area contributed by atoms with Gasteiger partial charge in [-0.2, -0.15) is 0 Å². The molecule has 1 rings (SSSR count). The Morgan fingerprint density at radius 3 is 2.35 bits per heavy atom. The number of primary amides is 1. The van der Waals surface area contributed by atoms with E-state index in [1.54, 1.807) is 13.0 Å². The molecule has 0 aliphatic rings. The first kappa shape index (κ1) is 15.5. The van der Waals surface area contributed by atoms with Crippen molar-refractivity contribution in [1.29, 1.82) is 0 Å². The molecule has 0 saturated carbocycles. The van der Waals surface area contributed by atoms with Gasteiger partial charge < -0.3 is 21.5 Å². The van der Waals surface area contributed by atoms with Crippen molar-refractivity contribution in [3.8, 4) is 0 Å². The molecule has 5 N–H and O–H groups in total. The Hall–Kier alpha value is -2.57. The normalized spacial score (nSPS) is 10.8. The molecule has 1 aromatic rings. The van der Waals surface area contributed by atoms with Gasteiger partial charge in [-0.3, -0.25) is 4.79 Å². The van der Waals surface area contributed by atoms with Crippen LogP contribution in [-0.2, 0) is 4.79 Å². The van der Waals surface area contributed by atoms with Gasteiger partial charge in [0.1, 0.15) is 5.54 Å². The van der Waals surface area contributed by atoms with Gasteiger partial charge in [-0.1, -0.05) is 6.07 Å². The fourth-order valence-electron chi connectivity index (χ4n) is 1.50. The summed E-state index contributed by atoms with van der Waals surface area (Å²) in [4.78, 5) is 33.9. The Morgan fingerprint density at radius 2 is 1.85 bits per heavy atom. The summed E-state index contributed by atoms with van der Waals surface area (Å²) >= 11 is 0. The molecule has 1 aromatic carbocycles. The molecule has 0 saturated heterocycles. The zero-order chi connectivity index (χ0) is 15.5. The number of anilines is 1. The average molecular weight is 279 g/mol. The third-order valence-corrected chi connectivity index (χ3v) is 2.85. The third-order valence-electron chi connectivity index (χ3n) is 2.85. The van der Waals surface area contributed by atoms with Crippen molar-refractivity contribution in [1.82, 2.24) is 5.32 Å². The molecule has 108 valence electrons. The Bertz CT molecular complexity index is 567. The summed E-state index contributed by atoms with van der Waals surface area (Å²) in [5.41, 5.74) is 4.81. The molecule has 0 aliphatic carbocycles. The van der Waals surface area contributed by atoms with Crippen molar-refractivity contribution in [2.75, 3.05) is 5.32 Å². The van der Waals surface area contributed by atoms with Gasteiger partial charge in [0, 0.05) is 5.69 Å². The number of hydrogen-bond acceptors (Lipinski definition) is 3. The van der Waals surface area contributed by atoms with E-state index in [0.717, 1.165) is 0 Å². The number of hydrogen-bond donors (Lipinski definition) is 4. The van der Waals surface area contributed by atoms with Gasteiger partial charge in [-0.05, 0) is 38.5 Å². The first-order valence-corrected chi connectivity index (χ1v) is 5.87. The molecule has 0 unspecified atom stereocenters. The van der Waals surface area contributed by atoms with Crippen molar-refractivity contribution >= 4 is 23.6 Å². The second-order valence-electron chi connectivity index (χ2n) is 4.85. The molecule has 0 spiro atoms. The molecule has 0 bridgehead atoms. The Labute approximate surface area is 116 Å². The van der Waals surface area contributed by atoms with Crippen LogP contribution in [0.2, 0.25) is 0 Å². The van der Waals surface area contributed by atoms with Crippen LogP contribution < -0.4 is 16.4 Å². The molecule has 0 aromatic heterocycles. The SMILES string of the molecule is Cc1c(NC(=O)NC(C)(C)C(N)=O)cccc1C(=O)O. The van der Waals surface area contributed by atoms with Crippen molar-refractivity contribution in [3.05, 3.63) is 29.3 Å². The van der Waals surface area contributed by atoms with Gasteiger partial charge >= 0.3 is 12.0 Å². The van der Waals surface area contributed by atoms with Crippen LogP contribution in [0.3, 0.4) is 0 Å². The van der Waals surface area contributed by atoms with Crippen molar-refractivity contribution in [3.63, 3.8) is 0 Å². The minimum Gasteiger partial charge on any atom is -0.478 e. The summed E-state index contributed by atoms with van der Waals surface area (Å²) in [5.74, 6) is -1.76. The molecule has 7 nitrogen and oxygen atoms in total. The smallest absolute Gasteiger partial charge is 0.336 e. The Balaban J connectivity index is 2.90. The number of rotatable bonds is 4. The number of benzene rings is 1. The highest BCUT2D eigenvalue weighted by atomic mass is 16.4. The maximum absolute atomic E-state index is 11.8. The average Bonchev–Trinajstić information content (AvgIpc) is 2.30. The standard InChI is InChI=1S/C13H17N3O4/c1-7-8(10(17)18)5-4-6-9(7)15-12(20)16-13(2,3)11(14)19/h4-6H,1-3H3,(H2,14,19)(H,17,18)(H2,15,16,20). The van der Waals surface area contributed by atoms with E-state index in [1.165, 1.54) is 26.0 Å². The quantitative estimate of drug-likeness (QED) is 0.658. The van der Waals surface area contributed by atoms with E-state index in [9.17, 15) is 14.4 Å². The fraction of sp³-hybridized carbons (Fsp3) is 0.308. The largest absolute Gasteiger partial charge is 0.478 e. The van der Waals surface area contributed by atoms with E-state index in [0.29, 0.717) is 11.3 Å². The summed E-state index contributed by atoms with van der Waals surface area (Å²) in [6.45, 7) is 4.52. The molecule has 0 fully saturated rings. The van der Waals surface area contributed by atoms with Crippen LogP contribution in [0.5, 0.6) is 0 Å². The molecule has 3 amide bonds. The molecule has 0 heterocycles. The number of carboxylic acid groups (broad SMARTS) is 1. The van der Waals surface area contributed by atoms with E-state index in [-0.39, 0.29) is 5.56 Å². The topological polar surface area (TPSA) is 122 Å². The highest BCUT2D eigenvalue weighted by Gasteiger charge is 2.27. The second-order valence-corrected chi connectivity index (χ2v) is 4.85. The predicted octanol–water partition coefficient (Wildman–Crippen LogP) is 1.08. The second kappa shape index (κ2) is 5.60. The number of nitrogens with two attached hydrogens (primary N) is 1. The number of carboxylic acids is 1. The molecule has 0 radical (unpaired) electrons. The van der Waals surface area contributed by atoms with Crippen LogP contribution in [0.15, 0.2) is 18.2 Å². The minimum atomic E-state index is -1.21. The van der Waals surface area contributed by atoms with Crippen molar-refractivity contribution < 1.29 is 19.5 Å². The molecular weight excluding hydrogens is 262 g/mol. The third kappa shape index (κ3) is 3.47. The number of carbonyl (C=O) groups is 3. The molecule has 0 atom stereocenters. The number of carbonyl (C=O) groups excluding carboxylic acids is 2. The summed E-state index contributed by atoms with van der Waals surface area (Å²) in [6.07, 6.45) is 0. The van der Waals surface area contributed by atoms with Crippen molar-refractivity contribution in [2.45, 2.75) is 26.3 Å². The van der Waals surface area contributed by atoms with Crippen LogP contribution in [0, 0.1) is 6.92 Å². The van der Waals surface area contributed by atoms with Crippen LogP contribution >= 0.6 is 0 Å². The molecule has 20 heavy (non-hydrogen) atoms. The summed E-state index contributed by atoms with van der Waals surface area (Å²) in [7, 11) is 0. The monoisotopic (exact) mass is 279 g/mol. The highest BCUT2D eigenvalue weighted by molar-refractivity contribution is 5.97. The van der Waals surface area contributed by atoms with E-state index in [2.05, 4.69) is 10.6 Å². The van der Waals surface area contributed by atoms with Gasteiger partial charge in [-0.25, -0.2) is 9.59 Å². The Morgan fingerprint density at radius 1 is 1.25 bits per heavy atom. The fourth-order valence-corrected chi connectivity index (χ4v) is 1.50. The summed E-state index contributed by atoms with van der Waals surface area (Å²) in [6, 6.07) is 3.89. The first-order chi connectivity index (χ1) is 9.15. The minimum absolute atomic E-state index is 0.0944. The molecular formula is C13H17N3O4. The van der Waals surface area contributed by atoms with Gasteiger partial charge in [0.05, 0.1) is 5.56 Å².